The average molecular weight is 413 g/mol. The Balaban J connectivity index is 1.58. The highest BCUT2D eigenvalue weighted by Crippen LogP contribution is 2.29. The molecule has 0 radical (unpaired) electrons. The van der Waals surface area contributed by atoms with Gasteiger partial charge in [-0.05, 0) is 67.1 Å². The molecule has 3 aromatic rings. The third-order valence-electron chi connectivity index (χ3n) is 4.53. The van der Waals surface area contributed by atoms with Crippen molar-refractivity contribution in [2.75, 3.05) is 13.7 Å². The molecule has 0 aliphatic carbocycles. The average Bonchev–Trinajstić information content (AvgIpc) is 2.75. The van der Waals surface area contributed by atoms with Crippen molar-refractivity contribution < 1.29 is 19.5 Å². The zero-order chi connectivity index (χ0) is 20.5. The zero-order valence-electron chi connectivity index (χ0n) is 16.9. The summed E-state index contributed by atoms with van der Waals surface area (Å²) in [5.41, 5.74) is 3.52. The Bertz CT molecular complexity index is 895. The van der Waals surface area contributed by atoms with Gasteiger partial charge < -0.3 is 19.5 Å². The Kier molecular flexibility index (Phi) is 7.79. The van der Waals surface area contributed by atoms with Gasteiger partial charge in [0, 0.05) is 16.1 Å². The molecular formula is C24H27ClNO3+. The molecule has 0 unspecified atom stereocenters. The van der Waals surface area contributed by atoms with Crippen LogP contribution in [0.3, 0.4) is 0 Å². The molecule has 0 fully saturated rings. The fourth-order valence-corrected chi connectivity index (χ4v) is 3.10. The minimum atomic E-state index is 0.472. The molecule has 0 aliphatic heterocycles. The van der Waals surface area contributed by atoms with E-state index in [2.05, 4.69) is 29.6 Å². The van der Waals surface area contributed by atoms with Gasteiger partial charge in [0.05, 0.1) is 13.7 Å². The van der Waals surface area contributed by atoms with Crippen molar-refractivity contribution in [3.63, 3.8) is 0 Å². The number of ether oxygens (including phenoxy) is 3. The van der Waals surface area contributed by atoms with Gasteiger partial charge in [0.15, 0.2) is 11.5 Å². The lowest BCUT2D eigenvalue weighted by atomic mass is 10.1. The molecule has 29 heavy (non-hydrogen) atoms. The van der Waals surface area contributed by atoms with E-state index >= 15 is 0 Å². The Morgan fingerprint density at radius 2 is 1.41 bits per heavy atom. The SMILES string of the molecule is CCOc1cc(C[NH2+]Cc2ccc(OC)cc2)ccc1OCc1ccc(Cl)cc1. The summed E-state index contributed by atoms with van der Waals surface area (Å²) in [6, 6.07) is 22.0. The monoisotopic (exact) mass is 412 g/mol. The van der Waals surface area contributed by atoms with E-state index in [0.29, 0.717) is 13.2 Å². The Labute approximate surface area is 177 Å². The van der Waals surface area contributed by atoms with Gasteiger partial charge in [0.25, 0.3) is 0 Å². The molecule has 0 saturated heterocycles. The summed E-state index contributed by atoms with van der Waals surface area (Å²) in [6.45, 7) is 4.81. The van der Waals surface area contributed by atoms with E-state index in [-0.39, 0.29) is 0 Å². The topological polar surface area (TPSA) is 44.3 Å². The number of methoxy groups -OCH3 is 1. The van der Waals surface area contributed by atoms with Crippen LogP contribution in [0.25, 0.3) is 0 Å². The maximum Gasteiger partial charge on any atom is 0.161 e. The van der Waals surface area contributed by atoms with E-state index in [1.54, 1.807) is 7.11 Å². The van der Waals surface area contributed by atoms with Crippen molar-refractivity contribution in [2.45, 2.75) is 26.6 Å². The van der Waals surface area contributed by atoms with Crippen molar-refractivity contribution in [2.24, 2.45) is 0 Å². The number of nitrogens with two attached hydrogens (primary N) is 1. The highest BCUT2D eigenvalue weighted by molar-refractivity contribution is 6.30. The summed E-state index contributed by atoms with van der Waals surface area (Å²) in [5, 5.41) is 2.99. The summed E-state index contributed by atoms with van der Waals surface area (Å²) in [4.78, 5) is 0. The first kappa shape index (κ1) is 21.0. The van der Waals surface area contributed by atoms with Crippen LogP contribution in [0, 0.1) is 0 Å². The minimum absolute atomic E-state index is 0.472. The van der Waals surface area contributed by atoms with Crippen LogP contribution in [0.4, 0.5) is 0 Å². The molecule has 0 aromatic heterocycles. The molecule has 4 nitrogen and oxygen atoms in total. The van der Waals surface area contributed by atoms with Crippen molar-refractivity contribution in [1.82, 2.24) is 0 Å². The van der Waals surface area contributed by atoms with Gasteiger partial charge in [-0.1, -0.05) is 23.7 Å². The molecule has 0 saturated carbocycles. The van der Waals surface area contributed by atoms with Gasteiger partial charge in [0.1, 0.15) is 25.4 Å². The number of hydrogen-bond donors (Lipinski definition) is 1. The second-order valence-electron chi connectivity index (χ2n) is 6.67. The second-order valence-corrected chi connectivity index (χ2v) is 7.11. The quantitative estimate of drug-likeness (QED) is 0.529. The van der Waals surface area contributed by atoms with Crippen molar-refractivity contribution in [3.8, 4) is 17.2 Å². The van der Waals surface area contributed by atoms with E-state index in [4.69, 9.17) is 25.8 Å². The van der Waals surface area contributed by atoms with Crippen LogP contribution in [-0.2, 0) is 19.7 Å². The minimum Gasteiger partial charge on any atom is -0.497 e. The number of benzene rings is 3. The number of rotatable bonds is 10. The molecule has 0 atom stereocenters. The summed E-state index contributed by atoms with van der Waals surface area (Å²) in [7, 11) is 1.68. The summed E-state index contributed by atoms with van der Waals surface area (Å²) in [5.74, 6) is 2.40. The molecule has 2 N–H and O–H groups in total. The van der Waals surface area contributed by atoms with E-state index in [0.717, 1.165) is 40.9 Å². The molecule has 3 rings (SSSR count). The van der Waals surface area contributed by atoms with Gasteiger partial charge in [-0.3, -0.25) is 0 Å². The highest BCUT2D eigenvalue weighted by Gasteiger charge is 2.08. The second kappa shape index (κ2) is 10.7. The van der Waals surface area contributed by atoms with E-state index in [9.17, 15) is 0 Å². The summed E-state index contributed by atoms with van der Waals surface area (Å²) >= 11 is 5.94. The Morgan fingerprint density at radius 3 is 2.10 bits per heavy atom. The van der Waals surface area contributed by atoms with Crippen LogP contribution in [0.5, 0.6) is 17.2 Å². The van der Waals surface area contributed by atoms with Crippen LogP contribution in [0.2, 0.25) is 5.02 Å². The molecule has 0 heterocycles. The van der Waals surface area contributed by atoms with Crippen LogP contribution < -0.4 is 19.5 Å². The van der Waals surface area contributed by atoms with Crippen LogP contribution in [0.1, 0.15) is 23.6 Å². The predicted molar refractivity (Wildman–Crippen MR) is 116 cm³/mol. The van der Waals surface area contributed by atoms with E-state index in [1.165, 1.54) is 11.1 Å². The number of quaternary nitrogens is 1. The fraction of sp³-hybridized carbons (Fsp3) is 0.250. The Morgan fingerprint density at radius 1 is 0.759 bits per heavy atom. The molecule has 0 amide bonds. The van der Waals surface area contributed by atoms with Gasteiger partial charge in [-0.2, -0.15) is 0 Å². The maximum atomic E-state index is 5.98. The van der Waals surface area contributed by atoms with Crippen LogP contribution >= 0.6 is 11.6 Å². The smallest absolute Gasteiger partial charge is 0.161 e. The van der Waals surface area contributed by atoms with E-state index in [1.807, 2.05) is 49.4 Å². The highest BCUT2D eigenvalue weighted by atomic mass is 35.5. The lowest BCUT2D eigenvalue weighted by Gasteiger charge is -2.13. The van der Waals surface area contributed by atoms with Gasteiger partial charge in [0.2, 0.25) is 0 Å². The lowest BCUT2D eigenvalue weighted by Crippen LogP contribution is -2.80. The zero-order valence-corrected chi connectivity index (χ0v) is 17.6. The first-order valence-electron chi connectivity index (χ1n) is 9.75. The predicted octanol–water partition coefficient (Wildman–Crippen LogP) is 4.59. The summed E-state index contributed by atoms with van der Waals surface area (Å²) in [6.07, 6.45) is 0. The van der Waals surface area contributed by atoms with Crippen molar-refractivity contribution in [3.05, 3.63) is 88.4 Å². The normalized spacial score (nSPS) is 10.6. The Hall–Kier alpha value is -2.69. The largest absolute Gasteiger partial charge is 0.497 e. The molecule has 0 spiro atoms. The first-order valence-corrected chi connectivity index (χ1v) is 10.1. The third-order valence-corrected chi connectivity index (χ3v) is 4.79. The van der Waals surface area contributed by atoms with Gasteiger partial charge in [-0.15, -0.1) is 0 Å². The van der Waals surface area contributed by atoms with Gasteiger partial charge in [-0.25, -0.2) is 0 Å². The first-order chi connectivity index (χ1) is 14.2. The molecule has 0 bridgehead atoms. The molecule has 3 aromatic carbocycles. The lowest BCUT2D eigenvalue weighted by molar-refractivity contribution is -0.686. The molecule has 0 aliphatic rings. The molecule has 152 valence electrons. The fourth-order valence-electron chi connectivity index (χ4n) is 2.98. The standard InChI is InChI=1S/C24H26ClNO3/c1-3-28-24-14-20(16-26-15-18-6-11-22(27-2)12-7-18)8-13-23(24)29-17-19-4-9-21(25)10-5-19/h4-14,26H,3,15-17H2,1-2H3/p+1. The summed E-state index contributed by atoms with van der Waals surface area (Å²) < 4.78 is 17.0. The van der Waals surface area contributed by atoms with E-state index < -0.39 is 0 Å². The number of halogens is 1. The third kappa shape index (κ3) is 6.41. The van der Waals surface area contributed by atoms with Crippen molar-refractivity contribution >= 4 is 11.6 Å². The molecular weight excluding hydrogens is 386 g/mol. The number of hydrogen-bond acceptors (Lipinski definition) is 3. The van der Waals surface area contributed by atoms with Crippen LogP contribution in [-0.4, -0.2) is 13.7 Å². The van der Waals surface area contributed by atoms with Gasteiger partial charge >= 0.3 is 0 Å². The molecule has 5 heteroatoms. The van der Waals surface area contributed by atoms with Crippen LogP contribution in [0.15, 0.2) is 66.7 Å². The maximum absolute atomic E-state index is 5.98. The van der Waals surface area contributed by atoms with Crippen molar-refractivity contribution in [1.29, 1.82) is 0 Å².